The molecule has 4 rings (SSSR count). The maximum atomic E-state index is 14.4. The van der Waals surface area contributed by atoms with Crippen LogP contribution in [0.2, 0.25) is 5.02 Å². The molecule has 3 aromatic carbocycles. The monoisotopic (exact) mass is 510 g/mol. The van der Waals surface area contributed by atoms with Crippen LogP contribution in [0.3, 0.4) is 0 Å². The summed E-state index contributed by atoms with van der Waals surface area (Å²) >= 11 is 11.4. The quantitative estimate of drug-likeness (QED) is 0.168. The number of hydrogen-bond acceptors (Lipinski definition) is 5. The Kier molecular flexibility index (Phi) is 7.38. The van der Waals surface area contributed by atoms with Crippen LogP contribution < -0.4 is 5.32 Å². The zero-order valence-corrected chi connectivity index (χ0v) is 20.1. The second-order valence-electron chi connectivity index (χ2n) is 7.40. The predicted octanol–water partition coefficient (Wildman–Crippen LogP) is 6.85. The van der Waals surface area contributed by atoms with Crippen LogP contribution >= 0.6 is 23.8 Å². The molecular formula is C25H20ClFN4O3S. The van der Waals surface area contributed by atoms with E-state index >= 15 is 0 Å². The number of carbonyl (C=O) groups is 1. The maximum absolute atomic E-state index is 14.4. The molecule has 0 spiro atoms. The molecule has 0 atom stereocenters. The number of carbonyl (C=O) groups excluding carboxylic acids is 1. The van der Waals surface area contributed by atoms with Crippen molar-refractivity contribution in [3.63, 3.8) is 0 Å². The van der Waals surface area contributed by atoms with Gasteiger partial charge in [0.1, 0.15) is 5.82 Å². The molecule has 0 fully saturated rings. The van der Waals surface area contributed by atoms with Gasteiger partial charge in [0.2, 0.25) is 11.0 Å². The lowest BCUT2D eigenvalue weighted by atomic mass is 10.2. The molecule has 4 aromatic rings. The molecule has 0 unspecified atom stereocenters. The van der Waals surface area contributed by atoms with Crippen molar-refractivity contribution in [2.75, 3.05) is 11.9 Å². The van der Waals surface area contributed by atoms with E-state index in [1.54, 1.807) is 61.5 Å². The summed E-state index contributed by atoms with van der Waals surface area (Å²) in [5.74, 6) is -1.09. The van der Waals surface area contributed by atoms with E-state index in [4.69, 9.17) is 28.6 Å². The minimum atomic E-state index is -0.475. The summed E-state index contributed by atoms with van der Waals surface area (Å²) in [4.78, 5) is 11.8. The van der Waals surface area contributed by atoms with E-state index in [1.807, 2.05) is 0 Å². The zero-order valence-electron chi connectivity index (χ0n) is 18.5. The number of aromatic hydroxyl groups is 1. The third-order valence-corrected chi connectivity index (χ3v) is 5.72. The Balaban J connectivity index is 1.57. The smallest absolute Gasteiger partial charge is 0.338 e. The van der Waals surface area contributed by atoms with Gasteiger partial charge < -0.3 is 19.7 Å². The van der Waals surface area contributed by atoms with Crippen molar-refractivity contribution in [1.29, 1.82) is 0 Å². The number of nitrogens with one attached hydrogen (secondary N) is 1. The van der Waals surface area contributed by atoms with Crippen LogP contribution in [0.25, 0.3) is 10.9 Å². The zero-order chi connectivity index (χ0) is 24.9. The van der Waals surface area contributed by atoms with Crippen LogP contribution in [0.1, 0.15) is 22.8 Å². The summed E-state index contributed by atoms with van der Waals surface area (Å²) in [7, 11) is 0. The molecule has 1 aromatic heterocycles. The Bertz CT molecular complexity index is 1420. The predicted molar refractivity (Wildman–Crippen MR) is 137 cm³/mol. The second-order valence-corrected chi connectivity index (χ2v) is 8.20. The fourth-order valence-electron chi connectivity index (χ4n) is 3.52. The molecule has 0 aliphatic rings. The largest absolute Gasteiger partial charge is 0.493 e. The lowest BCUT2D eigenvalue weighted by Crippen LogP contribution is -2.07. The van der Waals surface area contributed by atoms with Gasteiger partial charge in [-0.05, 0) is 61.6 Å². The van der Waals surface area contributed by atoms with Crippen molar-refractivity contribution in [3.8, 4) is 5.88 Å². The number of fused-ring (bicyclic) bond motifs is 1. The number of nitrogens with zero attached hydrogens (tertiary/aromatic N) is 3. The van der Waals surface area contributed by atoms with Crippen molar-refractivity contribution in [3.05, 3.63) is 88.7 Å². The summed E-state index contributed by atoms with van der Waals surface area (Å²) in [6.07, 6.45) is 0. The number of azo groups is 1. The highest BCUT2D eigenvalue weighted by Crippen LogP contribution is 2.40. The molecule has 1 heterocycles. The van der Waals surface area contributed by atoms with Gasteiger partial charge in [0, 0.05) is 21.7 Å². The van der Waals surface area contributed by atoms with Gasteiger partial charge in [0.05, 0.1) is 24.2 Å². The van der Waals surface area contributed by atoms with Crippen molar-refractivity contribution in [1.82, 2.24) is 4.57 Å². The normalized spacial score (nSPS) is 11.2. The van der Waals surface area contributed by atoms with E-state index < -0.39 is 11.8 Å². The number of thiocarbonyl (C=S) groups is 1. The van der Waals surface area contributed by atoms with Gasteiger partial charge >= 0.3 is 5.97 Å². The minimum absolute atomic E-state index is 0.00286. The van der Waals surface area contributed by atoms with Gasteiger partial charge in [-0.1, -0.05) is 35.9 Å². The number of hydrogen-bond donors (Lipinski definition) is 2. The first-order chi connectivity index (χ1) is 16.9. The van der Waals surface area contributed by atoms with E-state index in [0.29, 0.717) is 28.8 Å². The van der Waals surface area contributed by atoms with Gasteiger partial charge in [-0.15, -0.1) is 10.2 Å². The number of esters is 1. The van der Waals surface area contributed by atoms with Crippen LogP contribution in [0.15, 0.2) is 77.0 Å². The van der Waals surface area contributed by atoms with Crippen LogP contribution in [0.4, 0.5) is 15.8 Å². The first-order valence-electron chi connectivity index (χ1n) is 10.6. The van der Waals surface area contributed by atoms with Crippen LogP contribution in [0.5, 0.6) is 5.88 Å². The minimum Gasteiger partial charge on any atom is -0.493 e. The fraction of sp³-hybridized carbons (Fsp3) is 0.120. The fourth-order valence-corrected chi connectivity index (χ4v) is 3.90. The first-order valence-corrected chi connectivity index (χ1v) is 11.4. The number of aromatic nitrogens is 1. The molecule has 0 amide bonds. The van der Waals surface area contributed by atoms with E-state index in [0.717, 1.165) is 0 Å². The summed E-state index contributed by atoms with van der Waals surface area (Å²) in [6.45, 7) is 2.03. The van der Waals surface area contributed by atoms with Crippen LogP contribution in [0, 0.1) is 5.82 Å². The molecule has 10 heteroatoms. The van der Waals surface area contributed by atoms with Gasteiger partial charge in [0.15, 0.2) is 5.69 Å². The third kappa shape index (κ3) is 5.31. The molecule has 7 nitrogen and oxygen atoms in total. The number of benzene rings is 3. The molecule has 35 heavy (non-hydrogen) atoms. The topological polar surface area (TPSA) is 88.2 Å². The third-order valence-electron chi connectivity index (χ3n) is 5.18. The van der Waals surface area contributed by atoms with Crippen LogP contribution in [-0.2, 0) is 11.3 Å². The lowest BCUT2D eigenvalue weighted by Gasteiger charge is -2.09. The maximum Gasteiger partial charge on any atom is 0.338 e. The number of anilines is 1. The van der Waals surface area contributed by atoms with Gasteiger partial charge in [-0.3, -0.25) is 0 Å². The molecule has 0 aliphatic carbocycles. The number of para-hydroxylation sites is 1. The van der Waals surface area contributed by atoms with Gasteiger partial charge in [0.25, 0.3) is 0 Å². The Morgan fingerprint density at radius 2 is 1.89 bits per heavy atom. The number of ether oxygens (including phenoxy) is 1. The highest BCUT2D eigenvalue weighted by molar-refractivity contribution is 7.80. The van der Waals surface area contributed by atoms with Crippen molar-refractivity contribution in [2.45, 2.75) is 13.5 Å². The van der Waals surface area contributed by atoms with Crippen molar-refractivity contribution in [2.24, 2.45) is 10.2 Å². The molecule has 2 N–H and O–H groups in total. The highest BCUT2D eigenvalue weighted by Gasteiger charge is 2.19. The average Bonchev–Trinajstić information content (AvgIpc) is 3.11. The average molecular weight is 511 g/mol. The molecule has 178 valence electrons. The Hall–Kier alpha value is -3.82. The van der Waals surface area contributed by atoms with E-state index in [2.05, 4.69) is 15.5 Å². The summed E-state index contributed by atoms with van der Waals surface area (Å²) in [5, 5.41) is 22.9. The lowest BCUT2D eigenvalue weighted by molar-refractivity contribution is 0.0526. The highest BCUT2D eigenvalue weighted by atomic mass is 35.5. The van der Waals surface area contributed by atoms with Crippen molar-refractivity contribution >= 4 is 57.2 Å². The SMILES string of the molecule is CCOC(=O)c1ccc(NC(=S)N=Nc2c(O)n(Cc3c(F)cccc3Cl)c3ccccc23)cc1. The van der Waals surface area contributed by atoms with Gasteiger partial charge in [-0.25, -0.2) is 9.18 Å². The Morgan fingerprint density at radius 3 is 2.60 bits per heavy atom. The molecule has 0 saturated carbocycles. The summed E-state index contributed by atoms with van der Waals surface area (Å²) in [5.41, 5.74) is 2.08. The molecule has 0 saturated heterocycles. The van der Waals surface area contributed by atoms with Crippen molar-refractivity contribution < 1.29 is 19.0 Å². The molecule has 0 radical (unpaired) electrons. The van der Waals surface area contributed by atoms with E-state index in [9.17, 15) is 14.3 Å². The second kappa shape index (κ2) is 10.6. The number of rotatable bonds is 6. The first kappa shape index (κ1) is 24.3. The van der Waals surface area contributed by atoms with E-state index in [-0.39, 0.29) is 33.8 Å². The Morgan fingerprint density at radius 1 is 1.14 bits per heavy atom. The molecular weight excluding hydrogens is 491 g/mol. The standard InChI is InChI=1S/C25H20ClFN4O3S/c1-2-34-24(33)15-10-12-16(13-11-15)28-25(35)30-29-22-17-6-3-4-9-21(17)31(23(22)32)14-18-19(26)7-5-8-20(18)27/h3-13,32H,2,14H2,1H3,(H,28,35). The molecule has 0 bridgehead atoms. The van der Waals surface area contributed by atoms with Gasteiger partial charge in [-0.2, -0.15) is 0 Å². The summed E-state index contributed by atoms with van der Waals surface area (Å²) in [6, 6.07) is 18.1. The van der Waals surface area contributed by atoms with E-state index in [1.165, 1.54) is 16.7 Å². The van der Waals surface area contributed by atoms with Crippen LogP contribution in [-0.4, -0.2) is 27.4 Å². The Labute approximate surface area is 210 Å². The summed E-state index contributed by atoms with van der Waals surface area (Å²) < 4.78 is 20.8. The molecule has 0 aliphatic heterocycles. The number of halogens is 2.